The highest BCUT2D eigenvalue weighted by Gasteiger charge is 2.21. The lowest BCUT2D eigenvalue weighted by molar-refractivity contribution is 0.301. The van der Waals surface area contributed by atoms with Crippen molar-refractivity contribution in [1.82, 2.24) is 0 Å². The van der Waals surface area contributed by atoms with Crippen molar-refractivity contribution >= 4 is 22.2 Å². The zero-order chi connectivity index (χ0) is 17.8. The van der Waals surface area contributed by atoms with Crippen molar-refractivity contribution in [2.45, 2.75) is 6.61 Å². The minimum absolute atomic E-state index is 0.556. The van der Waals surface area contributed by atoms with E-state index in [1.807, 2.05) is 36.4 Å². The summed E-state index contributed by atoms with van der Waals surface area (Å²) in [7, 11) is 0. The third-order valence-corrected chi connectivity index (χ3v) is 5.29. The molecule has 0 bridgehead atoms. The number of ether oxygens (including phenoxy) is 2. The highest BCUT2D eigenvalue weighted by molar-refractivity contribution is 8.08. The first-order chi connectivity index (χ1) is 12.8. The number of rotatable bonds is 5. The predicted molar refractivity (Wildman–Crippen MR) is 109 cm³/mol. The number of thioether (sulfide) groups is 1. The van der Waals surface area contributed by atoms with E-state index in [-0.39, 0.29) is 0 Å². The van der Waals surface area contributed by atoms with Gasteiger partial charge in [0.05, 0.1) is 0 Å². The SMILES string of the molecule is CSC1=C(c2ccccc2)COc2cc(OCc3ccccc3)ccc21. The highest BCUT2D eigenvalue weighted by atomic mass is 32.2. The molecule has 0 N–H and O–H groups in total. The summed E-state index contributed by atoms with van der Waals surface area (Å²) in [5.41, 5.74) is 4.74. The quantitative estimate of drug-likeness (QED) is 0.565. The van der Waals surface area contributed by atoms with Crippen molar-refractivity contribution in [3.05, 3.63) is 95.6 Å². The molecule has 0 aromatic heterocycles. The molecule has 0 saturated heterocycles. The molecule has 4 rings (SSSR count). The molecule has 3 aromatic carbocycles. The fourth-order valence-electron chi connectivity index (χ4n) is 3.11. The normalized spacial score (nSPS) is 13.1. The second kappa shape index (κ2) is 7.71. The summed E-state index contributed by atoms with van der Waals surface area (Å²) in [4.78, 5) is 1.27. The van der Waals surface area contributed by atoms with Gasteiger partial charge in [-0.2, -0.15) is 0 Å². The van der Waals surface area contributed by atoms with Gasteiger partial charge in [-0.3, -0.25) is 0 Å². The van der Waals surface area contributed by atoms with Gasteiger partial charge in [0, 0.05) is 22.1 Å². The minimum atomic E-state index is 0.556. The lowest BCUT2D eigenvalue weighted by Gasteiger charge is -2.24. The maximum atomic E-state index is 6.06. The molecular formula is C23H20O2S. The molecule has 0 fully saturated rings. The summed E-state index contributed by atoms with van der Waals surface area (Å²) in [5, 5.41) is 0. The van der Waals surface area contributed by atoms with E-state index >= 15 is 0 Å². The maximum Gasteiger partial charge on any atom is 0.131 e. The van der Waals surface area contributed by atoms with Crippen molar-refractivity contribution in [3.63, 3.8) is 0 Å². The van der Waals surface area contributed by atoms with Crippen LogP contribution in [0.2, 0.25) is 0 Å². The number of benzene rings is 3. The van der Waals surface area contributed by atoms with Gasteiger partial charge in [-0.15, -0.1) is 11.8 Å². The Morgan fingerprint density at radius 1 is 0.923 bits per heavy atom. The molecule has 0 saturated carbocycles. The van der Waals surface area contributed by atoms with E-state index < -0.39 is 0 Å². The molecule has 130 valence electrons. The standard InChI is InChI=1S/C23H20O2S/c1-26-23-20-13-12-19(24-15-17-8-4-2-5-9-17)14-22(20)25-16-21(23)18-10-6-3-7-11-18/h2-14H,15-16H2,1H3. The summed E-state index contributed by atoms with van der Waals surface area (Å²) < 4.78 is 12.0. The van der Waals surface area contributed by atoms with Crippen LogP contribution in [0.5, 0.6) is 11.5 Å². The van der Waals surface area contributed by atoms with Crippen LogP contribution < -0.4 is 9.47 Å². The lowest BCUT2D eigenvalue weighted by Crippen LogP contribution is -2.10. The van der Waals surface area contributed by atoms with Crippen LogP contribution in [0.1, 0.15) is 16.7 Å². The van der Waals surface area contributed by atoms with Gasteiger partial charge in [-0.05, 0) is 29.5 Å². The summed E-state index contributed by atoms with van der Waals surface area (Å²) in [5.74, 6) is 1.72. The van der Waals surface area contributed by atoms with E-state index in [2.05, 4.69) is 48.7 Å². The summed E-state index contributed by atoms with van der Waals surface area (Å²) in [6.45, 7) is 1.13. The molecule has 0 aliphatic carbocycles. The van der Waals surface area contributed by atoms with Crippen LogP contribution in [-0.2, 0) is 6.61 Å². The third-order valence-electron chi connectivity index (χ3n) is 4.42. The first-order valence-corrected chi connectivity index (χ1v) is 9.84. The van der Waals surface area contributed by atoms with Crippen LogP contribution in [-0.4, -0.2) is 12.9 Å². The van der Waals surface area contributed by atoms with Crippen molar-refractivity contribution in [2.24, 2.45) is 0 Å². The Kier molecular flexibility index (Phi) is 4.98. The second-order valence-electron chi connectivity index (χ2n) is 6.10. The van der Waals surface area contributed by atoms with Gasteiger partial charge >= 0.3 is 0 Å². The van der Waals surface area contributed by atoms with E-state index in [1.165, 1.54) is 16.0 Å². The third kappa shape index (κ3) is 3.49. The molecule has 0 amide bonds. The van der Waals surface area contributed by atoms with Crippen LogP contribution in [0.4, 0.5) is 0 Å². The number of fused-ring (bicyclic) bond motifs is 1. The molecule has 1 aliphatic rings. The molecule has 3 heteroatoms. The molecule has 26 heavy (non-hydrogen) atoms. The Balaban J connectivity index is 1.60. The predicted octanol–water partition coefficient (Wildman–Crippen LogP) is 5.89. The van der Waals surface area contributed by atoms with E-state index in [1.54, 1.807) is 11.8 Å². The van der Waals surface area contributed by atoms with Crippen molar-refractivity contribution in [3.8, 4) is 11.5 Å². The molecule has 0 unspecified atom stereocenters. The Morgan fingerprint density at radius 3 is 2.38 bits per heavy atom. The summed E-state index contributed by atoms with van der Waals surface area (Å²) in [6.07, 6.45) is 2.12. The molecule has 1 heterocycles. The smallest absolute Gasteiger partial charge is 0.131 e. The molecule has 1 aliphatic heterocycles. The van der Waals surface area contributed by atoms with E-state index in [0.29, 0.717) is 13.2 Å². The second-order valence-corrected chi connectivity index (χ2v) is 6.92. The molecule has 0 spiro atoms. The van der Waals surface area contributed by atoms with Crippen molar-refractivity contribution in [2.75, 3.05) is 12.9 Å². The number of hydrogen-bond acceptors (Lipinski definition) is 3. The van der Waals surface area contributed by atoms with E-state index in [0.717, 1.165) is 22.6 Å². The van der Waals surface area contributed by atoms with Crippen molar-refractivity contribution in [1.29, 1.82) is 0 Å². The summed E-state index contributed by atoms with van der Waals surface area (Å²) >= 11 is 1.77. The fourth-order valence-corrected chi connectivity index (χ4v) is 3.92. The molecule has 2 nitrogen and oxygen atoms in total. The van der Waals surface area contributed by atoms with Gasteiger partial charge in [0.25, 0.3) is 0 Å². The highest BCUT2D eigenvalue weighted by Crippen LogP contribution is 2.43. The maximum absolute atomic E-state index is 6.06. The minimum Gasteiger partial charge on any atom is -0.489 e. The Bertz CT molecular complexity index is 917. The van der Waals surface area contributed by atoms with Crippen LogP contribution in [0.25, 0.3) is 10.5 Å². The Labute approximate surface area is 158 Å². The van der Waals surface area contributed by atoms with Crippen LogP contribution in [0, 0.1) is 0 Å². The van der Waals surface area contributed by atoms with Gasteiger partial charge in [0.15, 0.2) is 0 Å². The molecular weight excluding hydrogens is 340 g/mol. The van der Waals surface area contributed by atoms with Crippen LogP contribution in [0.15, 0.2) is 78.9 Å². The summed E-state index contributed by atoms with van der Waals surface area (Å²) in [6, 6.07) is 26.7. The van der Waals surface area contributed by atoms with Crippen molar-refractivity contribution < 1.29 is 9.47 Å². The average Bonchev–Trinajstić information content (AvgIpc) is 2.72. The first-order valence-electron chi connectivity index (χ1n) is 8.61. The van der Waals surface area contributed by atoms with Gasteiger partial charge < -0.3 is 9.47 Å². The molecule has 0 atom stereocenters. The van der Waals surface area contributed by atoms with Gasteiger partial charge in [0.2, 0.25) is 0 Å². The number of hydrogen-bond donors (Lipinski definition) is 0. The van der Waals surface area contributed by atoms with Gasteiger partial charge in [-0.25, -0.2) is 0 Å². The zero-order valence-corrected chi connectivity index (χ0v) is 15.5. The average molecular weight is 360 g/mol. The lowest BCUT2D eigenvalue weighted by atomic mass is 10.0. The monoisotopic (exact) mass is 360 g/mol. The molecule has 0 radical (unpaired) electrons. The van der Waals surface area contributed by atoms with Crippen LogP contribution >= 0.6 is 11.8 Å². The molecule has 3 aromatic rings. The van der Waals surface area contributed by atoms with E-state index in [9.17, 15) is 0 Å². The van der Waals surface area contributed by atoms with Gasteiger partial charge in [-0.1, -0.05) is 60.7 Å². The van der Waals surface area contributed by atoms with Crippen LogP contribution in [0.3, 0.4) is 0 Å². The topological polar surface area (TPSA) is 18.5 Å². The Morgan fingerprint density at radius 2 is 1.65 bits per heavy atom. The largest absolute Gasteiger partial charge is 0.489 e. The first kappa shape index (κ1) is 16.8. The van der Waals surface area contributed by atoms with Gasteiger partial charge in [0.1, 0.15) is 24.7 Å². The zero-order valence-electron chi connectivity index (χ0n) is 14.6. The van der Waals surface area contributed by atoms with E-state index in [4.69, 9.17) is 9.47 Å². The fraction of sp³-hybridized carbons (Fsp3) is 0.130. The Hall–Kier alpha value is -2.65.